The van der Waals surface area contributed by atoms with Crippen molar-refractivity contribution >= 4 is 43.5 Å². The van der Waals surface area contributed by atoms with Crippen molar-refractivity contribution in [2.45, 2.75) is 32.9 Å². The van der Waals surface area contributed by atoms with Gasteiger partial charge in [0.2, 0.25) is 21.8 Å². The van der Waals surface area contributed by atoms with E-state index in [1.807, 2.05) is 68.4 Å². The maximum absolute atomic E-state index is 14.2. The summed E-state index contributed by atoms with van der Waals surface area (Å²) >= 11 is 3.44. The van der Waals surface area contributed by atoms with Crippen LogP contribution in [0.5, 0.6) is 11.5 Å². The molecule has 0 heterocycles. The number of hydrogen-bond donors (Lipinski definition) is 1. The maximum Gasteiger partial charge on any atom is 0.244 e. The van der Waals surface area contributed by atoms with Gasteiger partial charge in [0.15, 0.2) is 0 Å². The quantitative estimate of drug-likeness (QED) is 0.270. The van der Waals surface area contributed by atoms with Gasteiger partial charge in [0, 0.05) is 30.0 Å². The van der Waals surface area contributed by atoms with Gasteiger partial charge in [-0.2, -0.15) is 0 Å². The van der Waals surface area contributed by atoms with Crippen LogP contribution in [0.3, 0.4) is 0 Å². The zero-order valence-corrected chi connectivity index (χ0v) is 26.9. The van der Waals surface area contributed by atoms with Gasteiger partial charge in [-0.15, -0.1) is 0 Å². The molecule has 0 spiro atoms. The number of hydrogen-bond acceptors (Lipinski definition) is 6. The first-order valence-electron chi connectivity index (χ1n) is 13.5. The normalized spacial score (nSPS) is 12.0. The third-order valence-electron chi connectivity index (χ3n) is 6.56. The summed E-state index contributed by atoms with van der Waals surface area (Å²) in [6.45, 7) is 3.94. The third-order valence-corrected chi connectivity index (χ3v) is 8.21. The number of ether oxygens (including phenoxy) is 2. The lowest BCUT2D eigenvalue weighted by atomic mass is 10.0. The zero-order valence-electron chi connectivity index (χ0n) is 24.5. The Bertz CT molecular complexity index is 1450. The fourth-order valence-corrected chi connectivity index (χ4v) is 5.46. The Kier molecular flexibility index (Phi) is 11.8. The van der Waals surface area contributed by atoms with Gasteiger partial charge in [-0.05, 0) is 41.3 Å². The summed E-state index contributed by atoms with van der Waals surface area (Å²) < 4.78 is 38.8. The van der Waals surface area contributed by atoms with Gasteiger partial charge in [0.1, 0.15) is 24.1 Å². The predicted molar refractivity (Wildman–Crippen MR) is 168 cm³/mol. The van der Waals surface area contributed by atoms with E-state index < -0.39 is 28.5 Å². The molecule has 0 saturated carbocycles. The van der Waals surface area contributed by atoms with E-state index in [-0.39, 0.29) is 36.2 Å². The molecule has 9 nitrogen and oxygen atoms in total. The highest BCUT2D eigenvalue weighted by atomic mass is 79.9. The number of sulfonamides is 1. The minimum Gasteiger partial charge on any atom is -0.497 e. The summed E-state index contributed by atoms with van der Waals surface area (Å²) in [7, 11) is -1.08. The molecule has 0 unspecified atom stereocenters. The fourth-order valence-electron chi connectivity index (χ4n) is 4.35. The summed E-state index contributed by atoms with van der Waals surface area (Å²) in [5, 5.41) is 2.97. The zero-order chi connectivity index (χ0) is 30.9. The summed E-state index contributed by atoms with van der Waals surface area (Å²) in [5.74, 6) is -0.0161. The molecule has 0 aromatic heterocycles. The number of anilines is 1. The molecule has 42 heavy (non-hydrogen) atoms. The minimum absolute atomic E-state index is 0.0888. The molecular weight excluding hydrogens is 622 g/mol. The van der Waals surface area contributed by atoms with Crippen molar-refractivity contribution in [1.82, 2.24) is 10.2 Å². The molecule has 3 aromatic rings. The number of nitrogens with one attached hydrogen (secondary N) is 1. The fraction of sp³-hybridized carbons (Fsp3) is 0.355. The van der Waals surface area contributed by atoms with E-state index in [2.05, 4.69) is 21.2 Å². The molecule has 0 aliphatic rings. The summed E-state index contributed by atoms with van der Waals surface area (Å²) in [6.07, 6.45) is 1.27. The average molecular weight is 661 g/mol. The highest BCUT2D eigenvalue weighted by molar-refractivity contribution is 9.10. The number of amides is 2. The highest BCUT2D eigenvalue weighted by Gasteiger charge is 2.34. The first-order chi connectivity index (χ1) is 19.9. The molecule has 0 aliphatic heterocycles. The lowest BCUT2D eigenvalue weighted by molar-refractivity contribution is -0.140. The largest absolute Gasteiger partial charge is 0.497 e. The van der Waals surface area contributed by atoms with Crippen LogP contribution in [0.1, 0.15) is 25.0 Å². The molecule has 11 heteroatoms. The van der Waals surface area contributed by atoms with Gasteiger partial charge in [0.05, 0.1) is 26.2 Å². The van der Waals surface area contributed by atoms with Crippen LogP contribution in [-0.4, -0.2) is 64.7 Å². The number of carbonyl (C=O) groups excluding carboxylic acids is 2. The van der Waals surface area contributed by atoms with Gasteiger partial charge < -0.3 is 19.7 Å². The Morgan fingerprint density at radius 3 is 2.17 bits per heavy atom. The van der Waals surface area contributed by atoms with Crippen molar-refractivity contribution < 1.29 is 27.5 Å². The van der Waals surface area contributed by atoms with E-state index in [0.29, 0.717) is 12.3 Å². The van der Waals surface area contributed by atoms with E-state index in [4.69, 9.17) is 9.47 Å². The van der Waals surface area contributed by atoms with Gasteiger partial charge in [-0.3, -0.25) is 13.9 Å². The van der Waals surface area contributed by atoms with E-state index in [0.717, 1.165) is 26.2 Å². The van der Waals surface area contributed by atoms with Gasteiger partial charge >= 0.3 is 0 Å². The van der Waals surface area contributed by atoms with Gasteiger partial charge in [-0.1, -0.05) is 72.2 Å². The number of methoxy groups -OCH3 is 2. The average Bonchev–Trinajstić information content (AvgIpc) is 2.96. The lowest BCUT2D eigenvalue weighted by Gasteiger charge is -2.34. The van der Waals surface area contributed by atoms with Crippen LogP contribution < -0.4 is 19.1 Å². The molecule has 0 aliphatic carbocycles. The predicted octanol–water partition coefficient (Wildman–Crippen LogP) is 4.64. The van der Waals surface area contributed by atoms with Gasteiger partial charge in [-0.25, -0.2) is 8.42 Å². The van der Waals surface area contributed by atoms with Crippen molar-refractivity contribution in [2.24, 2.45) is 5.92 Å². The molecule has 1 N–H and O–H groups in total. The van der Waals surface area contributed by atoms with Crippen LogP contribution in [0.2, 0.25) is 0 Å². The third kappa shape index (κ3) is 9.22. The van der Waals surface area contributed by atoms with Crippen molar-refractivity contribution in [3.8, 4) is 11.5 Å². The second kappa shape index (κ2) is 15.1. The van der Waals surface area contributed by atoms with E-state index >= 15 is 0 Å². The first-order valence-corrected chi connectivity index (χ1v) is 16.1. The topological polar surface area (TPSA) is 105 Å². The second-order valence-electron chi connectivity index (χ2n) is 10.3. The molecular formula is C31H38BrN3O6S. The van der Waals surface area contributed by atoms with Crippen LogP contribution in [-0.2, 0) is 32.6 Å². The molecule has 3 rings (SSSR count). The molecule has 0 saturated heterocycles. The standard InChI is InChI=1S/C31H38BrN3O6S/c1-22(2)19-33-31(37)28(17-23-9-7-6-8-10-23)34(20-24-11-13-25(32)14-12-24)30(36)21-35(42(5,38)39)27-18-26(40-3)15-16-29(27)41-4/h6-16,18,22,28H,17,19-21H2,1-5H3,(H,33,37)/t28-/m0/s1. The van der Waals surface area contributed by atoms with E-state index in [1.165, 1.54) is 25.2 Å². The van der Waals surface area contributed by atoms with Crippen LogP contribution in [0.25, 0.3) is 0 Å². The second-order valence-corrected chi connectivity index (χ2v) is 13.1. The Balaban J connectivity index is 2.09. The van der Waals surface area contributed by atoms with Crippen LogP contribution in [0.15, 0.2) is 77.3 Å². The monoisotopic (exact) mass is 659 g/mol. The van der Waals surface area contributed by atoms with Crippen molar-refractivity contribution in [2.75, 3.05) is 37.9 Å². The molecule has 2 amide bonds. The number of benzene rings is 3. The summed E-state index contributed by atoms with van der Waals surface area (Å²) in [5.41, 5.74) is 1.80. The smallest absolute Gasteiger partial charge is 0.244 e. The van der Waals surface area contributed by atoms with E-state index in [1.54, 1.807) is 12.1 Å². The number of halogens is 1. The first kappa shape index (κ1) is 32.9. The summed E-state index contributed by atoms with van der Waals surface area (Å²) in [6, 6.07) is 20.7. The molecule has 0 fully saturated rings. The van der Waals surface area contributed by atoms with E-state index in [9.17, 15) is 18.0 Å². The maximum atomic E-state index is 14.2. The van der Waals surface area contributed by atoms with Crippen molar-refractivity contribution in [3.63, 3.8) is 0 Å². The molecule has 226 valence electrons. The Morgan fingerprint density at radius 1 is 0.929 bits per heavy atom. The Labute approximate surface area is 257 Å². The van der Waals surface area contributed by atoms with Gasteiger partial charge in [0.25, 0.3) is 0 Å². The van der Waals surface area contributed by atoms with Crippen molar-refractivity contribution in [1.29, 1.82) is 0 Å². The molecule has 1 atom stereocenters. The Morgan fingerprint density at radius 2 is 1.60 bits per heavy atom. The lowest BCUT2D eigenvalue weighted by Crippen LogP contribution is -2.53. The minimum atomic E-state index is -3.97. The molecule has 3 aromatic carbocycles. The number of carbonyl (C=O) groups is 2. The number of rotatable bonds is 14. The number of nitrogens with zero attached hydrogens (tertiary/aromatic N) is 2. The van der Waals surface area contributed by atoms with Crippen LogP contribution in [0.4, 0.5) is 5.69 Å². The van der Waals surface area contributed by atoms with Crippen molar-refractivity contribution in [3.05, 3.63) is 88.4 Å². The highest BCUT2D eigenvalue weighted by Crippen LogP contribution is 2.34. The summed E-state index contributed by atoms with van der Waals surface area (Å²) in [4.78, 5) is 29.4. The Hall–Kier alpha value is -3.57. The SMILES string of the molecule is COc1ccc(OC)c(N(CC(=O)N(Cc2ccc(Br)cc2)[C@@H](Cc2ccccc2)C(=O)NCC(C)C)S(C)(=O)=O)c1. The molecule has 0 bridgehead atoms. The molecule has 0 radical (unpaired) electrons. The van der Waals surface area contributed by atoms with Crippen LogP contribution in [0, 0.1) is 5.92 Å². The van der Waals surface area contributed by atoms with Crippen LogP contribution >= 0.6 is 15.9 Å².